The Hall–Kier alpha value is -0.120. The zero-order chi connectivity index (χ0) is 11.4. The van der Waals surface area contributed by atoms with Gasteiger partial charge in [-0.15, -0.1) is 0 Å². The van der Waals surface area contributed by atoms with Crippen molar-refractivity contribution in [3.8, 4) is 0 Å². The highest BCUT2D eigenvalue weighted by molar-refractivity contribution is 4.91. The molecular formula is C13H26N2O. The molecule has 0 aromatic heterocycles. The second kappa shape index (κ2) is 5.48. The first kappa shape index (κ1) is 12.3. The zero-order valence-electron chi connectivity index (χ0n) is 10.6. The van der Waals surface area contributed by atoms with E-state index in [1.165, 1.54) is 45.1 Å². The Bertz CT molecular complexity index is 206. The molecule has 0 bridgehead atoms. The second-order valence-electron chi connectivity index (χ2n) is 5.57. The Labute approximate surface area is 99.3 Å². The number of hydrogen-bond acceptors (Lipinski definition) is 3. The van der Waals surface area contributed by atoms with Gasteiger partial charge in [0.2, 0.25) is 0 Å². The molecule has 0 aliphatic heterocycles. The molecule has 0 heterocycles. The second-order valence-corrected chi connectivity index (χ2v) is 5.57. The molecule has 2 rings (SSSR count). The number of nitrogens with two attached hydrogens (primary N) is 1. The predicted octanol–water partition coefficient (Wildman–Crippen LogP) is 1.62. The summed E-state index contributed by atoms with van der Waals surface area (Å²) in [5.74, 6) is 0. The van der Waals surface area contributed by atoms with Crippen LogP contribution in [0.2, 0.25) is 0 Å². The Morgan fingerprint density at radius 2 is 2.06 bits per heavy atom. The van der Waals surface area contributed by atoms with Crippen molar-refractivity contribution in [2.45, 2.75) is 44.6 Å². The maximum absolute atomic E-state index is 5.90. The van der Waals surface area contributed by atoms with Crippen molar-refractivity contribution in [2.75, 3.05) is 33.4 Å². The monoisotopic (exact) mass is 226 g/mol. The lowest BCUT2D eigenvalue weighted by atomic mass is 9.66. The molecule has 0 aromatic carbocycles. The van der Waals surface area contributed by atoms with Gasteiger partial charge in [-0.1, -0.05) is 6.42 Å². The molecule has 0 spiro atoms. The summed E-state index contributed by atoms with van der Waals surface area (Å²) in [6.07, 6.45) is 8.17. The highest BCUT2D eigenvalue weighted by Crippen LogP contribution is 2.43. The molecule has 3 heteroatoms. The van der Waals surface area contributed by atoms with Crippen LogP contribution in [0.5, 0.6) is 0 Å². The minimum absolute atomic E-state index is 0.500. The highest BCUT2D eigenvalue weighted by Gasteiger charge is 2.37. The van der Waals surface area contributed by atoms with Gasteiger partial charge < -0.3 is 10.5 Å². The van der Waals surface area contributed by atoms with E-state index in [0.717, 1.165) is 25.7 Å². The van der Waals surface area contributed by atoms with Crippen molar-refractivity contribution in [2.24, 2.45) is 11.1 Å². The fraction of sp³-hybridized carbons (Fsp3) is 1.00. The van der Waals surface area contributed by atoms with Crippen LogP contribution in [-0.2, 0) is 4.74 Å². The third-order valence-electron chi connectivity index (χ3n) is 4.42. The average Bonchev–Trinajstić information content (AvgIpc) is 3.05. The maximum Gasteiger partial charge on any atom is 0.0589 e. The van der Waals surface area contributed by atoms with E-state index in [1.807, 2.05) is 0 Å². The summed E-state index contributed by atoms with van der Waals surface area (Å²) in [6, 6.07) is 0.852. The molecular weight excluding hydrogens is 200 g/mol. The van der Waals surface area contributed by atoms with Crippen molar-refractivity contribution in [1.29, 1.82) is 0 Å². The van der Waals surface area contributed by atoms with Gasteiger partial charge in [0.1, 0.15) is 0 Å². The van der Waals surface area contributed by atoms with E-state index in [9.17, 15) is 0 Å². The first-order chi connectivity index (χ1) is 7.79. The third kappa shape index (κ3) is 2.96. The Balaban J connectivity index is 1.72. The summed E-state index contributed by atoms with van der Waals surface area (Å²) < 4.78 is 5.18. The number of hydrogen-bond donors (Lipinski definition) is 1. The number of rotatable bonds is 8. The minimum atomic E-state index is 0.500. The van der Waals surface area contributed by atoms with Crippen molar-refractivity contribution < 1.29 is 4.74 Å². The van der Waals surface area contributed by atoms with Gasteiger partial charge in [-0.05, 0) is 50.6 Å². The van der Waals surface area contributed by atoms with Gasteiger partial charge in [-0.25, -0.2) is 0 Å². The Morgan fingerprint density at radius 3 is 2.50 bits per heavy atom. The number of methoxy groups -OCH3 is 1. The van der Waals surface area contributed by atoms with Crippen LogP contribution in [-0.4, -0.2) is 44.3 Å². The lowest BCUT2D eigenvalue weighted by molar-refractivity contribution is 0.0891. The molecule has 0 radical (unpaired) electrons. The molecule has 3 nitrogen and oxygen atoms in total. The molecule has 0 aromatic rings. The molecule has 16 heavy (non-hydrogen) atoms. The van der Waals surface area contributed by atoms with Gasteiger partial charge in [0.25, 0.3) is 0 Å². The van der Waals surface area contributed by atoms with Crippen molar-refractivity contribution in [1.82, 2.24) is 4.90 Å². The minimum Gasteiger partial charge on any atom is -0.383 e. The Morgan fingerprint density at radius 1 is 1.31 bits per heavy atom. The topological polar surface area (TPSA) is 38.5 Å². The summed E-state index contributed by atoms with van der Waals surface area (Å²) in [4.78, 5) is 2.61. The van der Waals surface area contributed by atoms with E-state index >= 15 is 0 Å². The van der Waals surface area contributed by atoms with Gasteiger partial charge in [0.05, 0.1) is 6.61 Å². The van der Waals surface area contributed by atoms with Crippen molar-refractivity contribution in [3.05, 3.63) is 0 Å². The van der Waals surface area contributed by atoms with E-state index in [2.05, 4.69) is 4.90 Å². The van der Waals surface area contributed by atoms with E-state index in [4.69, 9.17) is 10.5 Å². The third-order valence-corrected chi connectivity index (χ3v) is 4.42. The molecule has 2 aliphatic rings. The smallest absolute Gasteiger partial charge is 0.0589 e. The summed E-state index contributed by atoms with van der Waals surface area (Å²) in [5.41, 5.74) is 6.40. The molecule has 2 saturated carbocycles. The Kier molecular flexibility index (Phi) is 4.22. The zero-order valence-corrected chi connectivity index (χ0v) is 10.6. The van der Waals surface area contributed by atoms with Crippen LogP contribution in [0, 0.1) is 5.41 Å². The van der Waals surface area contributed by atoms with Crippen LogP contribution in [0.4, 0.5) is 0 Å². The SMILES string of the molecule is COCCN(CCC1(CN)CCC1)C1CC1. The summed E-state index contributed by atoms with van der Waals surface area (Å²) in [5, 5.41) is 0. The first-order valence-corrected chi connectivity index (χ1v) is 6.73. The molecule has 0 unspecified atom stereocenters. The van der Waals surface area contributed by atoms with Gasteiger partial charge in [-0.3, -0.25) is 4.90 Å². The summed E-state index contributed by atoms with van der Waals surface area (Å²) in [6.45, 7) is 4.08. The molecule has 2 fully saturated rings. The first-order valence-electron chi connectivity index (χ1n) is 6.73. The fourth-order valence-corrected chi connectivity index (χ4v) is 2.74. The predicted molar refractivity (Wildman–Crippen MR) is 66.4 cm³/mol. The van der Waals surface area contributed by atoms with Gasteiger partial charge >= 0.3 is 0 Å². The maximum atomic E-state index is 5.90. The molecule has 94 valence electrons. The van der Waals surface area contributed by atoms with Crippen LogP contribution < -0.4 is 5.73 Å². The van der Waals surface area contributed by atoms with Crippen molar-refractivity contribution >= 4 is 0 Å². The van der Waals surface area contributed by atoms with Crippen LogP contribution in [0.3, 0.4) is 0 Å². The summed E-state index contributed by atoms with van der Waals surface area (Å²) >= 11 is 0. The largest absolute Gasteiger partial charge is 0.383 e. The fourth-order valence-electron chi connectivity index (χ4n) is 2.74. The highest BCUT2D eigenvalue weighted by atomic mass is 16.5. The van der Waals surface area contributed by atoms with E-state index in [1.54, 1.807) is 7.11 Å². The molecule has 2 N–H and O–H groups in total. The van der Waals surface area contributed by atoms with Gasteiger partial charge in [0, 0.05) is 19.7 Å². The quantitative estimate of drug-likeness (QED) is 0.683. The molecule has 2 aliphatic carbocycles. The number of ether oxygens (including phenoxy) is 1. The molecule has 0 saturated heterocycles. The van der Waals surface area contributed by atoms with E-state index in [0.29, 0.717) is 5.41 Å². The van der Waals surface area contributed by atoms with E-state index < -0.39 is 0 Å². The number of nitrogens with zero attached hydrogens (tertiary/aromatic N) is 1. The van der Waals surface area contributed by atoms with E-state index in [-0.39, 0.29) is 0 Å². The van der Waals surface area contributed by atoms with Crippen LogP contribution in [0.15, 0.2) is 0 Å². The van der Waals surface area contributed by atoms with Crippen molar-refractivity contribution in [3.63, 3.8) is 0 Å². The normalized spacial score (nSPS) is 23.4. The summed E-state index contributed by atoms with van der Waals surface area (Å²) in [7, 11) is 1.79. The molecule has 0 amide bonds. The van der Waals surface area contributed by atoms with Gasteiger partial charge in [-0.2, -0.15) is 0 Å². The standard InChI is InChI=1S/C13H26N2O/c1-16-10-9-15(12-3-4-12)8-7-13(11-14)5-2-6-13/h12H,2-11,14H2,1H3. The molecule has 0 atom stereocenters. The lowest BCUT2D eigenvalue weighted by Gasteiger charge is -2.42. The van der Waals surface area contributed by atoms with Crippen LogP contribution >= 0.6 is 0 Å². The van der Waals surface area contributed by atoms with Crippen LogP contribution in [0.25, 0.3) is 0 Å². The lowest BCUT2D eigenvalue weighted by Crippen LogP contribution is -2.41. The average molecular weight is 226 g/mol. The van der Waals surface area contributed by atoms with Crippen LogP contribution in [0.1, 0.15) is 38.5 Å². The van der Waals surface area contributed by atoms with Gasteiger partial charge in [0.15, 0.2) is 0 Å².